The van der Waals surface area contributed by atoms with E-state index in [0.29, 0.717) is 12.1 Å². The van der Waals surface area contributed by atoms with Crippen molar-refractivity contribution >= 4 is 5.95 Å². The van der Waals surface area contributed by atoms with E-state index in [1.807, 2.05) is 12.4 Å². The summed E-state index contributed by atoms with van der Waals surface area (Å²) < 4.78 is 2.13. The van der Waals surface area contributed by atoms with E-state index in [4.69, 9.17) is 0 Å². The number of aryl methyl sites for hydroxylation is 1. The van der Waals surface area contributed by atoms with Crippen molar-refractivity contribution in [1.82, 2.24) is 14.9 Å². The number of rotatable bonds is 5. The third-order valence-corrected chi connectivity index (χ3v) is 3.90. The van der Waals surface area contributed by atoms with Crippen LogP contribution in [0.4, 0.5) is 5.95 Å². The van der Waals surface area contributed by atoms with Gasteiger partial charge in [0.2, 0.25) is 5.95 Å². The van der Waals surface area contributed by atoms with Gasteiger partial charge in [-0.05, 0) is 39.2 Å². The van der Waals surface area contributed by atoms with Crippen molar-refractivity contribution in [3.05, 3.63) is 12.4 Å². The van der Waals surface area contributed by atoms with Crippen molar-refractivity contribution < 1.29 is 0 Å². The van der Waals surface area contributed by atoms with Crippen LogP contribution in [-0.2, 0) is 7.05 Å². The summed E-state index contributed by atoms with van der Waals surface area (Å²) in [4.78, 5) is 7.00. The van der Waals surface area contributed by atoms with Gasteiger partial charge in [-0.15, -0.1) is 0 Å². The van der Waals surface area contributed by atoms with Crippen LogP contribution in [0.1, 0.15) is 39.5 Å². The molecule has 0 radical (unpaired) electrons. The lowest BCUT2D eigenvalue weighted by molar-refractivity contribution is 0.362. The van der Waals surface area contributed by atoms with E-state index in [1.54, 1.807) is 0 Å². The number of aromatic nitrogens is 2. The molecule has 1 aliphatic heterocycles. The normalized spacial score (nSPS) is 22.2. The van der Waals surface area contributed by atoms with Crippen LogP contribution < -0.4 is 10.2 Å². The average Bonchev–Trinajstić information content (AvgIpc) is 2.82. The Morgan fingerprint density at radius 2 is 2.33 bits per heavy atom. The maximum absolute atomic E-state index is 4.51. The molecule has 0 aliphatic carbocycles. The molecule has 2 unspecified atom stereocenters. The van der Waals surface area contributed by atoms with Crippen LogP contribution in [0, 0.1) is 0 Å². The predicted octanol–water partition coefficient (Wildman–Crippen LogP) is 2.17. The molecule has 1 fully saturated rings. The zero-order chi connectivity index (χ0) is 13.0. The average molecular weight is 250 g/mol. The topological polar surface area (TPSA) is 33.1 Å². The van der Waals surface area contributed by atoms with E-state index in [1.165, 1.54) is 25.7 Å². The monoisotopic (exact) mass is 250 g/mol. The van der Waals surface area contributed by atoms with Crippen LogP contribution in [0.3, 0.4) is 0 Å². The van der Waals surface area contributed by atoms with Crippen molar-refractivity contribution in [1.29, 1.82) is 0 Å². The molecule has 2 heterocycles. The maximum Gasteiger partial charge on any atom is 0.205 e. The summed E-state index contributed by atoms with van der Waals surface area (Å²) >= 11 is 0. The molecule has 4 nitrogen and oxygen atoms in total. The number of nitrogens with one attached hydrogen (secondary N) is 1. The zero-order valence-electron chi connectivity index (χ0n) is 11.9. The Morgan fingerprint density at radius 1 is 1.50 bits per heavy atom. The van der Waals surface area contributed by atoms with Gasteiger partial charge in [-0.3, -0.25) is 0 Å². The van der Waals surface area contributed by atoms with Crippen LogP contribution in [0.15, 0.2) is 12.4 Å². The smallest absolute Gasteiger partial charge is 0.205 e. The Labute approximate surface area is 110 Å². The van der Waals surface area contributed by atoms with Gasteiger partial charge in [0.05, 0.1) is 0 Å². The highest BCUT2D eigenvalue weighted by molar-refractivity contribution is 5.34. The van der Waals surface area contributed by atoms with Gasteiger partial charge in [0.1, 0.15) is 0 Å². The maximum atomic E-state index is 4.51. The minimum Gasteiger partial charge on any atom is -0.338 e. The molecule has 2 atom stereocenters. The number of anilines is 1. The Hall–Kier alpha value is -1.03. The summed E-state index contributed by atoms with van der Waals surface area (Å²) in [6, 6.07) is 1.10. The molecular formula is C14H26N4. The van der Waals surface area contributed by atoms with Gasteiger partial charge in [0.15, 0.2) is 0 Å². The molecule has 1 aromatic heterocycles. The first-order valence-electron chi connectivity index (χ1n) is 7.21. The molecule has 0 bridgehead atoms. The lowest BCUT2D eigenvalue weighted by Gasteiger charge is -2.40. The first-order chi connectivity index (χ1) is 8.74. The molecule has 1 aliphatic rings. The van der Waals surface area contributed by atoms with E-state index in [2.05, 4.69) is 40.7 Å². The summed E-state index contributed by atoms with van der Waals surface area (Å²) in [7, 11) is 2.08. The zero-order valence-corrected chi connectivity index (χ0v) is 11.9. The van der Waals surface area contributed by atoms with E-state index in [9.17, 15) is 0 Å². The molecule has 1 aromatic rings. The van der Waals surface area contributed by atoms with E-state index in [0.717, 1.165) is 19.0 Å². The lowest BCUT2D eigenvalue weighted by Crippen LogP contribution is -2.52. The Balaban J connectivity index is 2.08. The van der Waals surface area contributed by atoms with Gasteiger partial charge >= 0.3 is 0 Å². The number of hydrogen-bond acceptors (Lipinski definition) is 3. The van der Waals surface area contributed by atoms with Crippen LogP contribution in [-0.4, -0.2) is 34.7 Å². The van der Waals surface area contributed by atoms with E-state index >= 15 is 0 Å². The Kier molecular flexibility index (Phi) is 4.64. The van der Waals surface area contributed by atoms with Gasteiger partial charge in [0.25, 0.3) is 0 Å². The highest BCUT2D eigenvalue weighted by Crippen LogP contribution is 2.24. The second kappa shape index (κ2) is 6.23. The fourth-order valence-corrected chi connectivity index (χ4v) is 2.87. The third-order valence-electron chi connectivity index (χ3n) is 3.90. The van der Waals surface area contributed by atoms with Crippen molar-refractivity contribution in [2.75, 3.05) is 18.0 Å². The number of piperidine rings is 1. The summed E-state index contributed by atoms with van der Waals surface area (Å²) in [5.41, 5.74) is 0. The Bertz CT molecular complexity index is 360. The molecular weight excluding hydrogens is 224 g/mol. The van der Waals surface area contributed by atoms with Crippen LogP contribution in [0.2, 0.25) is 0 Å². The van der Waals surface area contributed by atoms with Gasteiger partial charge in [-0.25, -0.2) is 4.98 Å². The molecule has 0 spiro atoms. The minimum absolute atomic E-state index is 0.530. The van der Waals surface area contributed by atoms with Gasteiger partial charge in [-0.1, -0.05) is 6.92 Å². The standard InChI is InChI=1S/C14H26N4/c1-4-8-15-12(2)13-7-5-6-10-18(13)14-16-9-11-17(14)3/h9,11-13,15H,4-8,10H2,1-3H3. The fraction of sp³-hybridized carbons (Fsp3) is 0.786. The first-order valence-corrected chi connectivity index (χ1v) is 7.21. The number of hydrogen-bond donors (Lipinski definition) is 1. The van der Waals surface area contributed by atoms with Gasteiger partial charge < -0.3 is 14.8 Å². The van der Waals surface area contributed by atoms with Gasteiger partial charge in [-0.2, -0.15) is 0 Å². The SMILES string of the molecule is CCCNC(C)C1CCCCN1c1nccn1C. The largest absolute Gasteiger partial charge is 0.338 e. The first kappa shape index (κ1) is 13.4. The summed E-state index contributed by atoms with van der Waals surface area (Å²) in [5, 5.41) is 3.63. The molecule has 18 heavy (non-hydrogen) atoms. The van der Waals surface area contributed by atoms with Gasteiger partial charge in [0, 0.05) is 38.1 Å². The van der Waals surface area contributed by atoms with Crippen molar-refractivity contribution in [2.45, 2.75) is 51.6 Å². The molecule has 4 heteroatoms. The number of nitrogens with zero attached hydrogens (tertiary/aromatic N) is 3. The van der Waals surface area contributed by atoms with E-state index < -0.39 is 0 Å². The predicted molar refractivity (Wildman–Crippen MR) is 75.9 cm³/mol. The second-order valence-electron chi connectivity index (χ2n) is 5.34. The second-order valence-corrected chi connectivity index (χ2v) is 5.34. The fourth-order valence-electron chi connectivity index (χ4n) is 2.87. The highest BCUT2D eigenvalue weighted by Gasteiger charge is 2.29. The third kappa shape index (κ3) is 2.86. The van der Waals surface area contributed by atoms with Crippen molar-refractivity contribution in [3.8, 4) is 0 Å². The quantitative estimate of drug-likeness (QED) is 0.869. The summed E-state index contributed by atoms with van der Waals surface area (Å²) in [6.45, 7) is 6.76. The van der Waals surface area contributed by atoms with Crippen molar-refractivity contribution in [2.24, 2.45) is 7.05 Å². The molecule has 0 saturated carbocycles. The molecule has 1 saturated heterocycles. The highest BCUT2D eigenvalue weighted by atomic mass is 15.3. The van der Waals surface area contributed by atoms with Crippen LogP contribution >= 0.6 is 0 Å². The molecule has 0 amide bonds. The molecule has 102 valence electrons. The summed E-state index contributed by atoms with van der Waals surface area (Å²) in [5.74, 6) is 1.12. The Morgan fingerprint density at radius 3 is 3.00 bits per heavy atom. The minimum atomic E-state index is 0.530. The molecule has 2 rings (SSSR count). The lowest BCUT2D eigenvalue weighted by atomic mass is 9.96. The van der Waals surface area contributed by atoms with E-state index in [-0.39, 0.29) is 0 Å². The molecule has 0 aromatic carbocycles. The summed E-state index contributed by atoms with van der Waals surface area (Å²) in [6.07, 6.45) is 9.01. The van der Waals surface area contributed by atoms with Crippen LogP contribution in [0.25, 0.3) is 0 Å². The van der Waals surface area contributed by atoms with Crippen molar-refractivity contribution in [3.63, 3.8) is 0 Å². The number of imidazole rings is 1. The molecule has 1 N–H and O–H groups in total. The van der Waals surface area contributed by atoms with Crippen LogP contribution in [0.5, 0.6) is 0 Å².